The number of carbonyl (C=O) groups is 1. The number of aromatic nitrogens is 1. The second kappa shape index (κ2) is 7.31. The van der Waals surface area contributed by atoms with E-state index in [9.17, 15) is 22.4 Å². The average Bonchev–Trinajstić information content (AvgIpc) is 2.67. The Morgan fingerprint density at radius 3 is 2.00 bits per heavy atom. The number of hydrogen-bond acceptors (Lipinski definition) is 3. The number of pyridine rings is 1. The van der Waals surface area contributed by atoms with Gasteiger partial charge in [0.2, 0.25) is 11.6 Å². The van der Waals surface area contributed by atoms with Crippen LogP contribution in [0, 0.1) is 23.5 Å². The summed E-state index contributed by atoms with van der Waals surface area (Å²) in [7, 11) is 0. The first-order valence-electron chi connectivity index (χ1n) is 8.25. The number of anilines is 1. The van der Waals surface area contributed by atoms with E-state index in [1.807, 2.05) is 19.1 Å². The molecule has 0 saturated carbocycles. The number of hydrogen-bond donors (Lipinski definition) is 0. The van der Waals surface area contributed by atoms with Gasteiger partial charge in [0.05, 0.1) is 0 Å². The smallest absolute Gasteiger partial charge is 0.253 e. The maximum Gasteiger partial charge on any atom is 0.253 e. The van der Waals surface area contributed by atoms with Crippen LogP contribution in [0.1, 0.15) is 22.8 Å². The molecule has 1 aliphatic heterocycles. The van der Waals surface area contributed by atoms with Crippen molar-refractivity contribution in [3.63, 3.8) is 0 Å². The van der Waals surface area contributed by atoms with E-state index in [1.54, 1.807) is 17.0 Å². The first-order valence-corrected chi connectivity index (χ1v) is 8.25. The molecule has 2 aromatic rings. The molecule has 1 aliphatic rings. The highest BCUT2D eigenvalue weighted by molar-refractivity contribution is 5.94. The summed E-state index contributed by atoms with van der Waals surface area (Å²) in [5.41, 5.74) is 0.850. The third kappa shape index (κ3) is 3.36. The Morgan fingerprint density at radius 2 is 1.50 bits per heavy atom. The van der Waals surface area contributed by atoms with Gasteiger partial charge in [-0.05, 0) is 24.1 Å². The summed E-state index contributed by atoms with van der Waals surface area (Å²) in [5, 5.41) is 0. The molecule has 0 aliphatic carbocycles. The van der Waals surface area contributed by atoms with Gasteiger partial charge >= 0.3 is 0 Å². The molecular formula is C18H17F4N3O. The normalized spacial score (nSPS) is 14.7. The molecule has 2 heterocycles. The van der Waals surface area contributed by atoms with Crippen molar-refractivity contribution in [1.82, 2.24) is 9.88 Å². The number of carbonyl (C=O) groups excluding carboxylic acids is 1. The summed E-state index contributed by atoms with van der Waals surface area (Å²) in [6.07, 6.45) is 0.864. The van der Waals surface area contributed by atoms with Crippen LogP contribution in [0.4, 0.5) is 23.2 Å². The third-order valence-corrected chi connectivity index (χ3v) is 4.47. The summed E-state index contributed by atoms with van der Waals surface area (Å²) in [5.74, 6) is -6.63. The van der Waals surface area contributed by atoms with Crippen molar-refractivity contribution in [2.45, 2.75) is 13.3 Å². The van der Waals surface area contributed by atoms with E-state index in [2.05, 4.69) is 4.98 Å². The zero-order valence-electron chi connectivity index (χ0n) is 14.1. The SMILES string of the molecule is CCc1ccc(C(=O)N2CCN(c3c(F)c(F)nc(F)c3F)CC2)cc1. The highest BCUT2D eigenvalue weighted by atomic mass is 19.2. The van der Waals surface area contributed by atoms with Gasteiger partial charge in [-0.2, -0.15) is 22.5 Å². The Morgan fingerprint density at radius 1 is 0.962 bits per heavy atom. The Hall–Kier alpha value is -2.64. The van der Waals surface area contributed by atoms with Crippen LogP contribution in [0.15, 0.2) is 24.3 Å². The van der Waals surface area contributed by atoms with Crippen LogP contribution in [0.3, 0.4) is 0 Å². The third-order valence-electron chi connectivity index (χ3n) is 4.47. The van der Waals surface area contributed by atoms with Crippen LogP contribution < -0.4 is 4.90 Å². The maximum absolute atomic E-state index is 13.9. The van der Waals surface area contributed by atoms with Crippen molar-refractivity contribution in [1.29, 1.82) is 0 Å². The van der Waals surface area contributed by atoms with Crippen molar-refractivity contribution >= 4 is 11.6 Å². The molecule has 26 heavy (non-hydrogen) atoms. The average molecular weight is 367 g/mol. The van der Waals surface area contributed by atoms with Gasteiger partial charge in [0.15, 0.2) is 0 Å². The fourth-order valence-electron chi connectivity index (χ4n) is 2.95. The Kier molecular flexibility index (Phi) is 5.11. The number of nitrogens with zero attached hydrogens (tertiary/aromatic N) is 3. The molecule has 0 atom stereocenters. The largest absolute Gasteiger partial charge is 0.363 e. The van der Waals surface area contributed by atoms with E-state index in [0.29, 0.717) is 5.56 Å². The molecule has 1 aromatic heterocycles. The number of halogens is 4. The molecule has 1 amide bonds. The predicted octanol–water partition coefficient (Wildman–Crippen LogP) is 3.16. The van der Waals surface area contributed by atoms with Crippen LogP contribution in [0.2, 0.25) is 0 Å². The highest BCUT2D eigenvalue weighted by Crippen LogP contribution is 2.27. The monoisotopic (exact) mass is 367 g/mol. The zero-order valence-corrected chi connectivity index (χ0v) is 14.1. The van der Waals surface area contributed by atoms with E-state index >= 15 is 0 Å². The number of amides is 1. The van der Waals surface area contributed by atoms with Gasteiger partial charge in [-0.3, -0.25) is 4.79 Å². The second-order valence-corrected chi connectivity index (χ2v) is 6.00. The molecule has 4 nitrogen and oxygen atoms in total. The van der Waals surface area contributed by atoms with Crippen LogP contribution in [0.25, 0.3) is 0 Å². The molecule has 1 saturated heterocycles. The summed E-state index contributed by atoms with van der Waals surface area (Å²) >= 11 is 0. The summed E-state index contributed by atoms with van der Waals surface area (Å²) in [4.78, 5) is 17.8. The van der Waals surface area contributed by atoms with Gasteiger partial charge in [0.1, 0.15) is 5.69 Å². The van der Waals surface area contributed by atoms with Crippen LogP contribution >= 0.6 is 0 Å². The maximum atomic E-state index is 13.9. The molecule has 138 valence electrons. The van der Waals surface area contributed by atoms with E-state index < -0.39 is 29.2 Å². The van der Waals surface area contributed by atoms with E-state index in [1.165, 1.54) is 4.90 Å². The van der Waals surface area contributed by atoms with Crippen LogP contribution in [0.5, 0.6) is 0 Å². The van der Waals surface area contributed by atoms with Gasteiger partial charge < -0.3 is 9.80 Å². The zero-order chi connectivity index (χ0) is 18.8. The van der Waals surface area contributed by atoms with E-state index in [0.717, 1.165) is 12.0 Å². The molecule has 3 rings (SSSR count). The van der Waals surface area contributed by atoms with E-state index in [4.69, 9.17) is 0 Å². The number of piperazine rings is 1. The standard InChI is InChI=1S/C18H17F4N3O/c1-2-11-3-5-12(6-4-11)18(26)25-9-7-24(8-10-25)15-13(19)16(21)23-17(22)14(15)20/h3-6H,2,7-10H2,1H3. The highest BCUT2D eigenvalue weighted by Gasteiger charge is 2.29. The van der Waals surface area contributed by atoms with Gasteiger partial charge in [-0.25, -0.2) is 0 Å². The summed E-state index contributed by atoms with van der Waals surface area (Å²) < 4.78 is 54.3. The van der Waals surface area contributed by atoms with Gasteiger partial charge in [-0.15, -0.1) is 0 Å². The van der Waals surface area contributed by atoms with Crippen molar-refractivity contribution in [3.8, 4) is 0 Å². The Labute approximate surface area is 148 Å². The molecule has 0 bridgehead atoms. The molecule has 8 heteroatoms. The minimum Gasteiger partial charge on any atom is -0.363 e. The molecule has 0 radical (unpaired) electrons. The molecule has 0 unspecified atom stereocenters. The van der Waals surface area contributed by atoms with Crippen molar-refractivity contribution in [2.75, 3.05) is 31.1 Å². The minimum absolute atomic E-state index is 0.0511. The Bertz CT molecular complexity index is 792. The van der Waals surface area contributed by atoms with Crippen molar-refractivity contribution in [3.05, 3.63) is 58.9 Å². The van der Waals surface area contributed by atoms with Crippen molar-refractivity contribution in [2.24, 2.45) is 0 Å². The van der Waals surface area contributed by atoms with Crippen molar-refractivity contribution < 1.29 is 22.4 Å². The van der Waals surface area contributed by atoms with Gasteiger partial charge in [-0.1, -0.05) is 19.1 Å². The molecular weight excluding hydrogens is 350 g/mol. The van der Waals surface area contributed by atoms with Crippen LogP contribution in [-0.2, 0) is 6.42 Å². The Balaban J connectivity index is 1.72. The first-order chi connectivity index (χ1) is 12.4. The lowest BCUT2D eigenvalue weighted by Crippen LogP contribution is -2.49. The first kappa shape index (κ1) is 18.2. The van der Waals surface area contributed by atoms with Crippen LogP contribution in [-0.4, -0.2) is 42.0 Å². The fourth-order valence-corrected chi connectivity index (χ4v) is 2.95. The molecule has 1 fully saturated rings. The van der Waals surface area contributed by atoms with E-state index in [-0.39, 0.29) is 32.1 Å². The fraction of sp³-hybridized carbons (Fsp3) is 0.333. The topological polar surface area (TPSA) is 36.4 Å². The quantitative estimate of drug-likeness (QED) is 0.618. The lowest BCUT2D eigenvalue weighted by atomic mass is 10.1. The molecule has 0 spiro atoms. The minimum atomic E-state index is -1.69. The number of rotatable bonds is 3. The molecule has 0 N–H and O–H groups in total. The lowest BCUT2D eigenvalue weighted by molar-refractivity contribution is 0.0746. The lowest BCUT2D eigenvalue weighted by Gasteiger charge is -2.36. The predicted molar refractivity (Wildman–Crippen MR) is 88.0 cm³/mol. The summed E-state index contributed by atoms with van der Waals surface area (Å²) in [6, 6.07) is 7.22. The number of benzene rings is 1. The second-order valence-electron chi connectivity index (χ2n) is 6.00. The number of aryl methyl sites for hydroxylation is 1. The molecule has 1 aromatic carbocycles. The van der Waals surface area contributed by atoms with Gasteiger partial charge in [0.25, 0.3) is 17.8 Å². The van der Waals surface area contributed by atoms with Gasteiger partial charge in [0, 0.05) is 31.7 Å². The summed E-state index contributed by atoms with van der Waals surface area (Å²) in [6.45, 7) is 2.47.